The van der Waals surface area contributed by atoms with Crippen molar-refractivity contribution in [2.45, 2.75) is 102 Å². The minimum atomic E-state index is -1.47. The third-order valence-electron chi connectivity index (χ3n) is 11.3. The molecule has 4 heterocycles. The van der Waals surface area contributed by atoms with Gasteiger partial charge in [-0.2, -0.15) is 0 Å². The summed E-state index contributed by atoms with van der Waals surface area (Å²) in [6.45, 7) is 12.1. The van der Waals surface area contributed by atoms with Crippen molar-refractivity contribution in [3.63, 3.8) is 0 Å². The van der Waals surface area contributed by atoms with Crippen LogP contribution in [-0.4, -0.2) is 93.0 Å². The number of amides is 3. The van der Waals surface area contributed by atoms with Crippen molar-refractivity contribution in [1.29, 1.82) is 0 Å². The van der Waals surface area contributed by atoms with Crippen LogP contribution >= 0.6 is 0 Å². The summed E-state index contributed by atoms with van der Waals surface area (Å²) in [7, 11) is 1.71. The summed E-state index contributed by atoms with van der Waals surface area (Å²) in [4.78, 5) is 63.4. The summed E-state index contributed by atoms with van der Waals surface area (Å²) >= 11 is 0. The molecule has 0 aliphatic carbocycles. The van der Waals surface area contributed by atoms with E-state index in [4.69, 9.17) is 9.47 Å². The SMILES string of the molecule is C[C@@H]1[C@@H](c2ccccc2)OC(=O)[C@@H]2[C@@H]3C=C[C@]4(O3)[C@H](C(=O)N(C(C)(C)CC(C)(C)C)C/C=C\CCC(=O)N1C)N([C@H](CO)c1ccccc1)C(=O)[C@@H]24. The number of hydrogen-bond acceptors (Lipinski definition) is 7. The smallest absolute Gasteiger partial charge is 0.313 e. The van der Waals surface area contributed by atoms with E-state index < -0.39 is 71.8 Å². The standard InChI is InChI=1S/C42H53N3O7/c1-27-35(29-19-13-9-14-20-29)51-39(50)33-31-22-23-42(52-31)34(33)37(48)45(30(25-46)28-17-11-8-12-18-28)36(42)38(49)44(41(5,6)26-40(2,3)4)24-16-10-15-21-32(47)43(27)7/h8-14,16-20,22-23,27,30-31,33-36,46H,15,21,24-26H2,1-7H3/b16-10-/t27-,30-,31+,33-,34-,35+,36+,42-/m1/s1. The highest BCUT2D eigenvalue weighted by Gasteiger charge is 2.74. The molecule has 10 nitrogen and oxygen atoms in total. The minimum Gasteiger partial charge on any atom is -0.455 e. The lowest BCUT2D eigenvalue weighted by molar-refractivity contribution is -0.164. The van der Waals surface area contributed by atoms with E-state index in [1.54, 1.807) is 29.0 Å². The van der Waals surface area contributed by atoms with Gasteiger partial charge in [-0.05, 0) is 50.2 Å². The van der Waals surface area contributed by atoms with Crippen LogP contribution in [0.15, 0.2) is 85.0 Å². The molecule has 10 heteroatoms. The lowest BCUT2D eigenvalue weighted by Crippen LogP contribution is -2.61. The summed E-state index contributed by atoms with van der Waals surface area (Å²) in [6.07, 6.45) is 7.09. The van der Waals surface area contributed by atoms with E-state index in [0.717, 1.165) is 0 Å². The van der Waals surface area contributed by atoms with Gasteiger partial charge in [0.1, 0.15) is 23.7 Å². The maximum Gasteiger partial charge on any atom is 0.313 e. The Hall–Kier alpha value is -4.28. The molecule has 3 amide bonds. The molecule has 4 aliphatic rings. The highest BCUT2D eigenvalue weighted by Crippen LogP contribution is 2.57. The molecule has 0 saturated carbocycles. The number of carbonyl (C=O) groups excluding carboxylic acids is 4. The molecule has 8 atom stereocenters. The van der Waals surface area contributed by atoms with Gasteiger partial charge in [0, 0.05) is 25.6 Å². The van der Waals surface area contributed by atoms with E-state index in [0.29, 0.717) is 24.0 Å². The number of cyclic esters (lactones) is 1. The van der Waals surface area contributed by atoms with Crippen LogP contribution in [0.25, 0.3) is 0 Å². The Morgan fingerprint density at radius 3 is 2.21 bits per heavy atom. The summed E-state index contributed by atoms with van der Waals surface area (Å²) in [6, 6.07) is 15.9. The number of carbonyl (C=O) groups is 4. The zero-order valence-corrected chi connectivity index (χ0v) is 31.4. The predicted molar refractivity (Wildman–Crippen MR) is 196 cm³/mol. The Morgan fingerprint density at radius 1 is 0.923 bits per heavy atom. The van der Waals surface area contributed by atoms with Gasteiger partial charge in [0.05, 0.1) is 30.7 Å². The van der Waals surface area contributed by atoms with Gasteiger partial charge in [0.15, 0.2) is 0 Å². The Kier molecular flexibility index (Phi) is 10.3. The Bertz CT molecular complexity index is 1720. The zero-order valence-electron chi connectivity index (χ0n) is 31.4. The van der Waals surface area contributed by atoms with Crippen LogP contribution in [0.2, 0.25) is 0 Å². The van der Waals surface area contributed by atoms with Crippen LogP contribution in [0.4, 0.5) is 0 Å². The first kappa shape index (κ1) is 37.5. The van der Waals surface area contributed by atoms with E-state index >= 15 is 9.59 Å². The van der Waals surface area contributed by atoms with Crippen molar-refractivity contribution in [2.75, 3.05) is 20.2 Å². The molecular formula is C42H53N3O7. The van der Waals surface area contributed by atoms with Gasteiger partial charge in [0.25, 0.3) is 0 Å². The average Bonchev–Trinajstić information content (AvgIpc) is 3.75. The normalized spacial score (nSPS) is 31.2. The minimum absolute atomic E-state index is 0.106. The Balaban J connectivity index is 1.51. The molecule has 278 valence electrons. The molecule has 1 N–H and O–H groups in total. The van der Waals surface area contributed by atoms with Crippen molar-refractivity contribution in [2.24, 2.45) is 17.3 Å². The first-order valence-corrected chi connectivity index (χ1v) is 18.4. The predicted octanol–water partition coefficient (Wildman–Crippen LogP) is 5.40. The number of rotatable bonds is 6. The van der Waals surface area contributed by atoms with Crippen LogP contribution in [0.5, 0.6) is 0 Å². The molecular weight excluding hydrogens is 658 g/mol. The van der Waals surface area contributed by atoms with Crippen LogP contribution in [0.1, 0.15) is 84.1 Å². The molecule has 52 heavy (non-hydrogen) atoms. The third kappa shape index (κ3) is 6.71. The fraction of sp³-hybridized carbons (Fsp3) is 0.524. The molecule has 0 unspecified atom stereocenters. The second-order valence-electron chi connectivity index (χ2n) is 16.6. The van der Waals surface area contributed by atoms with Gasteiger partial charge in [-0.1, -0.05) is 106 Å². The Labute approximate surface area is 307 Å². The molecule has 2 fully saturated rings. The first-order chi connectivity index (χ1) is 24.6. The van der Waals surface area contributed by atoms with E-state index in [1.807, 2.05) is 93.6 Å². The second-order valence-corrected chi connectivity index (χ2v) is 16.6. The van der Waals surface area contributed by atoms with Crippen LogP contribution in [0.3, 0.4) is 0 Å². The number of fused-ring (bicyclic) bond motifs is 2. The molecule has 4 aliphatic heterocycles. The molecule has 2 aromatic carbocycles. The van der Waals surface area contributed by atoms with Gasteiger partial charge < -0.3 is 29.3 Å². The highest BCUT2D eigenvalue weighted by atomic mass is 16.6. The summed E-state index contributed by atoms with van der Waals surface area (Å²) in [5, 5.41) is 11.0. The number of allylic oxidation sites excluding steroid dienone is 1. The van der Waals surface area contributed by atoms with E-state index in [2.05, 4.69) is 20.8 Å². The van der Waals surface area contributed by atoms with Crippen molar-refractivity contribution < 1.29 is 33.8 Å². The quantitative estimate of drug-likeness (QED) is 0.316. The number of ether oxygens (including phenoxy) is 2. The third-order valence-corrected chi connectivity index (χ3v) is 11.3. The number of aliphatic hydroxyl groups is 1. The van der Waals surface area contributed by atoms with Crippen LogP contribution in [-0.2, 0) is 28.7 Å². The fourth-order valence-electron chi connectivity index (χ4n) is 9.10. The summed E-state index contributed by atoms with van der Waals surface area (Å²) in [5.74, 6) is -3.66. The lowest BCUT2D eigenvalue weighted by atomic mass is 9.74. The van der Waals surface area contributed by atoms with Crippen LogP contribution < -0.4 is 0 Å². The van der Waals surface area contributed by atoms with Crippen molar-refractivity contribution in [3.8, 4) is 0 Å². The van der Waals surface area contributed by atoms with Crippen molar-refractivity contribution >= 4 is 23.7 Å². The number of benzene rings is 2. The number of nitrogens with zero attached hydrogens (tertiary/aromatic N) is 3. The van der Waals surface area contributed by atoms with Crippen molar-refractivity contribution in [1.82, 2.24) is 14.7 Å². The van der Waals surface area contributed by atoms with E-state index in [9.17, 15) is 14.7 Å². The topological polar surface area (TPSA) is 117 Å². The zero-order chi connectivity index (χ0) is 37.6. The molecule has 0 aromatic heterocycles. The number of esters is 1. The molecule has 6 rings (SSSR count). The van der Waals surface area contributed by atoms with E-state index in [1.165, 1.54) is 4.90 Å². The van der Waals surface area contributed by atoms with Gasteiger partial charge in [-0.25, -0.2) is 0 Å². The number of hydrogen-bond donors (Lipinski definition) is 1. The summed E-state index contributed by atoms with van der Waals surface area (Å²) in [5.41, 5.74) is -0.924. The van der Waals surface area contributed by atoms with E-state index in [-0.39, 0.29) is 30.2 Å². The highest BCUT2D eigenvalue weighted by molar-refractivity contribution is 5.99. The van der Waals surface area contributed by atoms with Gasteiger partial charge in [-0.3, -0.25) is 19.2 Å². The maximum atomic E-state index is 15.4. The van der Waals surface area contributed by atoms with Crippen LogP contribution in [0, 0.1) is 17.3 Å². The molecule has 5 bridgehead atoms. The largest absolute Gasteiger partial charge is 0.455 e. The fourth-order valence-corrected chi connectivity index (χ4v) is 9.10. The maximum absolute atomic E-state index is 15.4. The second kappa shape index (κ2) is 14.3. The number of likely N-dealkylation sites (N-methyl/N-ethyl adjacent to an activating group) is 1. The van der Waals surface area contributed by atoms with Gasteiger partial charge in [-0.15, -0.1) is 0 Å². The average molecular weight is 712 g/mol. The first-order valence-electron chi connectivity index (χ1n) is 18.4. The van der Waals surface area contributed by atoms with Gasteiger partial charge >= 0.3 is 5.97 Å². The molecule has 2 saturated heterocycles. The lowest BCUT2D eigenvalue weighted by Gasteiger charge is -2.46. The number of aliphatic hydroxyl groups excluding tert-OH is 1. The molecule has 2 aromatic rings. The molecule has 0 radical (unpaired) electrons. The number of likely N-dealkylation sites (tertiary alicyclic amines) is 1. The Morgan fingerprint density at radius 2 is 1.58 bits per heavy atom. The van der Waals surface area contributed by atoms with Crippen molar-refractivity contribution in [3.05, 3.63) is 96.1 Å². The molecule has 1 spiro atoms. The monoisotopic (exact) mass is 711 g/mol. The van der Waals surface area contributed by atoms with Gasteiger partial charge in [0.2, 0.25) is 17.7 Å². The summed E-state index contributed by atoms with van der Waals surface area (Å²) < 4.78 is 13.1.